The van der Waals surface area contributed by atoms with Gasteiger partial charge < -0.3 is 19.5 Å². The van der Waals surface area contributed by atoms with Crippen molar-refractivity contribution in [3.8, 4) is 11.5 Å². The lowest BCUT2D eigenvalue weighted by molar-refractivity contribution is -0.147. The van der Waals surface area contributed by atoms with Crippen LogP contribution in [-0.2, 0) is 20.7 Å². The van der Waals surface area contributed by atoms with Crippen LogP contribution in [0.2, 0.25) is 0 Å². The van der Waals surface area contributed by atoms with Crippen molar-refractivity contribution in [3.63, 3.8) is 0 Å². The van der Waals surface area contributed by atoms with Crippen LogP contribution in [0.15, 0.2) is 29.8 Å². The summed E-state index contributed by atoms with van der Waals surface area (Å²) in [4.78, 5) is 23.9. The highest BCUT2D eigenvalue weighted by molar-refractivity contribution is 5.81. The molecule has 0 saturated heterocycles. The van der Waals surface area contributed by atoms with Gasteiger partial charge in [-0.3, -0.25) is 9.59 Å². The number of carbonyl (C=O) groups excluding carboxylic acids is 2. The van der Waals surface area contributed by atoms with E-state index in [1.165, 1.54) is 18.4 Å². The molecule has 0 bridgehead atoms. The van der Waals surface area contributed by atoms with Gasteiger partial charge in [-0.05, 0) is 63.6 Å². The van der Waals surface area contributed by atoms with Crippen LogP contribution in [0.3, 0.4) is 0 Å². The Morgan fingerprint density at radius 2 is 1.86 bits per heavy atom. The molecule has 0 radical (unpaired) electrons. The quantitative estimate of drug-likeness (QED) is 0.463. The number of nitrogens with one attached hydrogen (secondary N) is 1. The molecule has 0 aromatic heterocycles. The van der Waals surface area contributed by atoms with E-state index in [0.29, 0.717) is 31.3 Å². The summed E-state index contributed by atoms with van der Waals surface area (Å²) in [5.74, 6) is 0.529. The molecule has 6 heteroatoms. The van der Waals surface area contributed by atoms with Crippen molar-refractivity contribution >= 4 is 11.9 Å². The first-order chi connectivity index (χ1) is 13.6. The summed E-state index contributed by atoms with van der Waals surface area (Å²) in [5, 5.41) is 2.80. The Bertz CT molecular complexity index is 684. The third kappa shape index (κ3) is 7.62. The molecule has 0 heterocycles. The standard InChI is InChI=1S/C22H31NO5/c1-3-26-19-11-10-18(14-20(19)27-4-2)15-22(25)28-16-21(24)23-13-12-17-8-6-5-7-9-17/h8,10-11,14H,3-7,9,12-13,15-16H2,1-2H3,(H,23,24). The average Bonchev–Trinajstić information content (AvgIpc) is 2.69. The lowest BCUT2D eigenvalue weighted by atomic mass is 9.97. The van der Waals surface area contributed by atoms with Gasteiger partial charge in [-0.2, -0.15) is 0 Å². The maximum absolute atomic E-state index is 12.0. The van der Waals surface area contributed by atoms with E-state index in [9.17, 15) is 9.59 Å². The van der Waals surface area contributed by atoms with Crippen molar-refractivity contribution in [1.29, 1.82) is 0 Å². The molecule has 1 amide bonds. The fourth-order valence-electron chi connectivity index (χ4n) is 3.11. The van der Waals surface area contributed by atoms with Crippen molar-refractivity contribution in [1.82, 2.24) is 5.32 Å². The second kappa shape index (κ2) is 12.1. The zero-order valence-corrected chi connectivity index (χ0v) is 16.9. The summed E-state index contributed by atoms with van der Waals surface area (Å²) in [7, 11) is 0. The largest absolute Gasteiger partial charge is 0.490 e. The molecule has 0 spiro atoms. The number of carbonyl (C=O) groups is 2. The smallest absolute Gasteiger partial charge is 0.310 e. The van der Waals surface area contributed by atoms with Crippen molar-refractivity contribution in [2.24, 2.45) is 0 Å². The predicted octanol–water partition coefficient (Wildman–Crippen LogP) is 3.58. The van der Waals surface area contributed by atoms with Gasteiger partial charge in [0.05, 0.1) is 19.6 Å². The molecule has 6 nitrogen and oxygen atoms in total. The number of esters is 1. The highest BCUT2D eigenvalue weighted by atomic mass is 16.5. The van der Waals surface area contributed by atoms with Gasteiger partial charge in [0.25, 0.3) is 5.91 Å². The van der Waals surface area contributed by atoms with Gasteiger partial charge in [0, 0.05) is 6.54 Å². The molecular formula is C22H31NO5. The Hall–Kier alpha value is -2.50. The minimum Gasteiger partial charge on any atom is -0.490 e. The summed E-state index contributed by atoms with van der Waals surface area (Å²) in [6.07, 6.45) is 7.95. The van der Waals surface area contributed by atoms with Crippen LogP contribution < -0.4 is 14.8 Å². The van der Waals surface area contributed by atoms with E-state index in [1.54, 1.807) is 18.2 Å². The normalized spacial score (nSPS) is 13.4. The van der Waals surface area contributed by atoms with Gasteiger partial charge in [-0.15, -0.1) is 0 Å². The number of rotatable bonds is 11. The molecule has 0 unspecified atom stereocenters. The van der Waals surface area contributed by atoms with E-state index >= 15 is 0 Å². The minimum atomic E-state index is -0.447. The third-order valence-corrected chi connectivity index (χ3v) is 4.47. The van der Waals surface area contributed by atoms with E-state index in [0.717, 1.165) is 24.8 Å². The van der Waals surface area contributed by atoms with Crippen LogP contribution in [0.1, 0.15) is 51.5 Å². The Kier molecular flexibility index (Phi) is 9.39. The Morgan fingerprint density at radius 3 is 2.57 bits per heavy atom. The first kappa shape index (κ1) is 21.8. The maximum Gasteiger partial charge on any atom is 0.310 e. The van der Waals surface area contributed by atoms with Gasteiger partial charge >= 0.3 is 5.97 Å². The van der Waals surface area contributed by atoms with E-state index in [-0.39, 0.29) is 18.9 Å². The fourth-order valence-corrected chi connectivity index (χ4v) is 3.11. The summed E-state index contributed by atoms with van der Waals surface area (Å²) >= 11 is 0. The number of hydrogen-bond acceptors (Lipinski definition) is 5. The lowest BCUT2D eigenvalue weighted by Gasteiger charge is -2.13. The molecule has 1 aromatic rings. The summed E-state index contributed by atoms with van der Waals surface area (Å²) in [5.41, 5.74) is 2.16. The second-order valence-corrected chi connectivity index (χ2v) is 6.69. The molecule has 1 aliphatic carbocycles. The summed E-state index contributed by atoms with van der Waals surface area (Å²) in [6, 6.07) is 5.35. The molecule has 154 valence electrons. The molecule has 28 heavy (non-hydrogen) atoms. The van der Waals surface area contributed by atoms with Crippen molar-refractivity contribution in [2.75, 3.05) is 26.4 Å². The van der Waals surface area contributed by atoms with Crippen LogP contribution in [0.25, 0.3) is 0 Å². The van der Waals surface area contributed by atoms with Crippen molar-refractivity contribution in [2.45, 2.75) is 52.4 Å². The van der Waals surface area contributed by atoms with Crippen LogP contribution in [0, 0.1) is 0 Å². The van der Waals surface area contributed by atoms with Crippen molar-refractivity contribution in [3.05, 3.63) is 35.4 Å². The van der Waals surface area contributed by atoms with Crippen LogP contribution in [0.4, 0.5) is 0 Å². The van der Waals surface area contributed by atoms with Crippen LogP contribution in [-0.4, -0.2) is 38.2 Å². The molecule has 1 aromatic carbocycles. The van der Waals surface area contributed by atoms with Crippen molar-refractivity contribution < 1.29 is 23.8 Å². The molecule has 0 atom stereocenters. The van der Waals surface area contributed by atoms with Gasteiger partial charge in [0.15, 0.2) is 18.1 Å². The highest BCUT2D eigenvalue weighted by Crippen LogP contribution is 2.28. The molecule has 1 aliphatic rings. The fraction of sp³-hybridized carbons (Fsp3) is 0.545. The Balaban J connectivity index is 1.73. The SMILES string of the molecule is CCOc1ccc(CC(=O)OCC(=O)NCCC2=CCCCC2)cc1OCC. The summed E-state index contributed by atoms with van der Waals surface area (Å²) < 4.78 is 16.2. The van der Waals surface area contributed by atoms with E-state index < -0.39 is 5.97 Å². The molecule has 1 N–H and O–H groups in total. The van der Waals surface area contributed by atoms with Crippen LogP contribution in [0.5, 0.6) is 11.5 Å². The van der Waals surface area contributed by atoms with E-state index in [1.807, 2.05) is 13.8 Å². The molecular weight excluding hydrogens is 358 g/mol. The zero-order valence-electron chi connectivity index (χ0n) is 16.9. The third-order valence-electron chi connectivity index (χ3n) is 4.47. The molecule has 0 saturated carbocycles. The molecule has 0 aliphatic heterocycles. The van der Waals surface area contributed by atoms with Gasteiger partial charge in [0.1, 0.15) is 0 Å². The zero-order chi connectivity index (χ0) is 20.2. The molecule has 2 rings (SSSR count). The highest BCUT2D eigenvalue weighted by Gasteiger charge is 2.12. The monoisotopic (exact) mass is 389 g/mol. The number of ether oxygens (including phenoxy) is 3. The van der Waals surface area contributed by atoms with E-state index in [4.69, 9.17) is 14.2 Å². The molecule has 0 fully saturated rings. The predicted molar refractivity (Wildman–Crippen MR) is 108 cm³/mol. The Morgan fingerprint density at radius 1 is 1.07 bits per heavy atom. The first-order valence-corrected chi connectivity index (χ1v) is 10.1. The number of hydrogen-bond donors (Lipinski definition) is 1. The van der Waals surface area contributed by atoms with Crippen LogP contribution >= 0.6 is 0 Å². The number of allylic oxidation sites excluding steroid dienone is 1. The Labute approximate surface area is 167 Å². The first-order valence-electron chi connectivity index (χ1n) is 10.1. The topological polar surface area (TPSA) is 73.9 Å². The maximum atomic E-state index is 12.0. The second-order valence-electron chi connectivity index (χ2n) is 6.69. The van der Waals surface area contributed by atoms with E-state index in [2.05, 4.69) is 11.4 Å². The van der Waals surface area contributed by atoms with Gasteiger partial charge in [-0.1, -0.05) is 17.7 Å². The minimum absolute atomic E-state index is 0.0760. The van der Waals surface area contributed by atoms with Gasteiger partial charge in [-0.25, -0.2) is 0 Å². The number of benzene rings is 1. The number of amides is 1. The lowest BCUT2D eigenvalue weighted by Crippen LogP contribution is -2.30. The summed E-state index contributed by atoms with van der Waals surface area (Å²) in [6.45, 7) is 5.16. The average molecular weight is 389 g/mol. The van der Waals surface area contributed by atoms with Gasteiger partial charge in [0.2, 0.25) is 0 Å².